The summed E-state index contributed by atoms with van der Waals surface area (Å²) in [6, 6.07) is 4.02. The molecule has 0 radical (unpaired) electrons. The van der Waals surface area contributed by atoms with E-state index in [0.717, 1.165) is 40.8 Å². The highest BCUT2D eigenvalue weighted by Crippen LogP contribution is 2.38. The van der Waals surface area contributed by atoms with E-state index >= 15 is 0 Å². The standard InChI is InChI=1S/C14H18ClNO2S2/c15-12-2-1-11(20-12)7-13(17)16-10-3-5-18-14(8-10)4-6-19-9-14/h1-2,10H,3-9H2,(H,16,17)/t10-,14-/m1/s1. The molecule has 3 nitrogen and oxygen atoms in total. The second kappa shape index (κ2) is 6.26. The number of carbonyl (C=O) groups is 1. The summed E-state index contributed by atoms with van der Waals surface area (Å²) >= 11 is 9.31. The van der Waals surface area contributed by atoms with Crippen molar-refractivity contribution in [3.63, 3.8) is 0 Å². The van der Waals surface area contributed by atoms with Crippen molar-refractivity contribution in [1.82, 2.24) is 5.32 Å². The van der Waals surface area contributed by atoms with E-state index < -0.39 is 0 Å². The lowest BCUT2D eigenvalue weighted by Gasteiger charge is -2.38. The zero-order valence-corrected chi connectivity index (χ0v) is 13.6. The van der Waals surface area contributed by atoms with E-state index in [2.05, 4.69) is 5.32 Å². The SMILES string of the molecule is O=C(Cc1ccc(Cl)s1)N[C@@H]1CCO[C@]2(CCSC2)C1. The van der Waals surface area contributed by atoms with Gasteiger partial charge in [0.2, 0.25) is 5.91 Å². The third kappa shape index (κ3) is 3.50. The normalized spacial score (nSPS) is 29.8. The molecule has 1 N–H and O–H groups in total. The molecule has 1 aromatic rings. The van der Waals surface area contributed by atoms with Crippen LogP contribution in [0.25, 0.3) is 0 Å². The van der Waals surface area contributed by atoms with E-state index in [1.807, 2.05) is 23.9 Å². The van der Waals surface area contributed by atoms with Crippen LogP contribution < -0.4 is 5.32 Å². The lowest BCUT2D eigenvalue weighted by Crippen LogP contribution is -2.49. The molecule has 0 aliphatic carbocycles. The summed E-state index contributed by atoms with van der Waals surface area (Å²) in [4.78, 5) is 13.1. The fourth-order valence-corrected chi connectivity index (χ4v) is 5.36. The van der Waals surface area contributed by atoms with E-state index in [-0.39, 0.29) is 17.6 Å². The van der Waals surface area contributed by atoms with Crippen molar-refractivity contribution < 1.29 is 9.53 Å². The van der Waals surface area contributed by atoms with Crippen LogP contribution in [-0.4, -0.2) is 35.7 Å². The highest BCUT2D eigenvalue weighted by atomic mass is 35.5. The van der Waals surface area contributed by atoms with E-state index in [1.54, 1.807) is 0 Å². The van der Waals surface area contributed by atoms with Gasteiger partial charge in [-0.2, -0.15) is 11.8 Å². The van der Waals surface area contributed by atoms with Crippen molar-refractivity contribution in [2.45, 2.75) is 37.3 Å². The number of ether oxygens (including phenoxy) is 1. The summed E-state index contributed by atoms with van der Waals surface area (Å²) < 4.78 is 6.71. The minimum Gasteiger partial charge on any atom is -0.374 e. The molecule has 0 saturated carbocycles. The second-order valence-electron chi connectivity index (χ2n) is 5.47. The van der Waals surface area contributed by atoms with Gasteiger partial charge in [0, 0.05) is 23.3 Å². The van der Waals surface area contributed by atoms with Gasteiger partial charge in [-0.3, -0.25) is 4.79 Å². The van der Waals surface area contributed by atoms with E-state index in [0.29, 0.717) is 6.42 Å². The van der Waals surface area contributed by atoms with Gasteiger partial charge in [-0.25, -0.2) is 0 Å². The highest BCUT2D eigenvalue weighted by Gasteiger charge is 2.40. The second-order valence-corrected chi connectivity index (χ2v) is 8.38. The van der Waals surface area contributed by atoms with E-state index in [4.69, 9.17) is 16.3 Å². The number of halogens is 1. The summed E-state index contributed by atoms with van der Waals surface area (Å²) in [5.41, 5.74) is 0.0209. The summed E-state index contributed by atoms with van der Waals surface area (Å²) in [6.45, 7) is 0.760. The van der Waals surface area contributed by atoms with Crippen LogP contribution in [0.3, 0.4) is 0 Å². The van der Waals surface area contributed by atoms with Crippen LogP contribution in [0.2, 0.25) is 4.34 Å². The summed E-state index contributed by atoms with van der Waals surface area (Å²) in [5, 5.41) is 3.16. The van der Waals surface area contributed by atoms with Crippen molar-refractivity contribution in [2.75, 3.05) is 18.1 Å². The predicted molar refractivity (Wildman–Crippen MR) is 84.8 cm³/mol. The minimum atomic E-state index is 0.0209. The topological polar surface area (TPSA) is 38.3 Å². The monoisotopic (exact) mass is 331 g/mol. The average Bonchev–Trinajstić information content (AvgIpc) is 2.99. The Balaban J connectivity index is 1.53. The summed E-state index contributed by atoms with van der Waals surface area (Å²) in [6.07, 6.45) is 3.42. The molecule has 1 aromatic heterocycles. The number of carbonyl (C=O) groups excluding carboxylic acids is 1. The van der Waals surface area contributed by atoms with Crippen molar-refractivity contribution in [3.05, 3.63) is 21.3 Å². The lowest BCUT2D eigenvalue weighted by atomic mass is 9.90. The highest BCUT2D eigenvalue weighted by molar-refractivity contribution is 7.99. The number of thiophene rings is 1. The number of amides is 1. The molecule has 0 bridgehead atoms. The Bertz CT molecular complexity index is 485. The maximum atomic E-state index is 12.1. The van der Waals surface area contributed by atoms with E-state index in [9.17, 15) is 4.79 Å². The third-order valence-corrected chi connectivity index (χ3v) is 6.34. The Morgan fingerprint density at radius 1 is 1.55 bits per heavy atom. The summed E-state index contributed by atoms with van der Waals surface area (Å²) in [7, 11) is 0. The Morgan fingerprint density at radius 2 is 2.45 bits per heavy atom. The fourth-order valence-electron chi connectivity index (χ4n) is 2.90. The average molecular weight is 332 g/mol. The van der Waals surface area contributed by atoms with Crippen molar-refractivity contribution in [2.24, 2.45) is 0 Å². The van der Waals surface area contributed by atoms with Crippen LogP contribution >= 0.6 is 34.7 Å². The number of rotatable bonds is 3. The van der Waals surface area contributed by atoms with Crippen LogP contribution in [0.15, 0.2) is 12.1 Å². The molecule has 1 amide bonds. The van der Waals surface area contributed by atoms with Crippen LogP contribution in [0.1, 0.15) is 24.1 Å². The number of thioether (sulfide) groups is 1. The molecular formula is C14H18ClNO2S2. The molecule has 2 atom stereocenters. The van der Waals surface area contributed by atoms with Crippen molar-refractivity contribution >= 4 is 40.6 Å². The maximum Gasteiger partial charge on any atom is 0.225 e. The van der Waals surface area contributed by atoms with Crippen LogP contribution in [0.4, 0.5) is 0 Å². The molecule has 2 fully saturated rings. The fraction of sp³-hybridized carbons (Fsp3) is 0.643. The Hall–Kier alpha value is -0.230. The Morgan fingerprint density at radius 3 is 3.15 bits per heavy atom. The Kier molecular flexibility index (Phi) is 4.60. The van der Waals surface area contributed by atoms with E-state index in [1.165, 1.54) is 17.1 Å². The van der Waals surface area contributed by atoms with Crippen molar-refractivity contribution in [1.29, 1.82) is 0 Å². The van der Waals surface area contributed by atoms with Gasteiger partial charge in [0.25, 0.3) is 0 Å². The maximum absolute atomic E-state index is 12.1. The molecule has 2 aliphatic rings. The molecule has 2 aliphatic heterocycles. The zero-order chi connectivity index (χ0) is 14.0. The van der Waals surface area contributed by atoms with Gasteiger partial charge >= 0.3 is 0 Å². The van der Waals surface area contributed by atoms with Gasteiger partial charge < -0.3 is 10.1 Å². The zero-order valence-electron chi connectivity index (χ0n) is 11.2. The van der Waals surface area contributed by atoms with Crippen molar-refractivity contribution in [3.8, 4) is 0 Å². The van der Waals surface area contributed by atoms with Crippen LogP contribution in [-0.2, 0) is 16.0 Å². The lowest BCUT2D eigenvalue weighted by molar-refractivity contribution is -0.123. The Labute approximate surface area is 132 Å². The minimum absolute atomic E-state index is 0.0209. The quantitative estimate of drug-likeness (QED) is 0.924. The van der Waals surface area contributed by atoms with Gasteiger partial charge in [-0.15, -0.1) is 11.3 Å². The predicted octanol–water partition coefficient (Wildman–Crippen LogP) is 3.11. The first-order valence-corrected chi connectivity index (χ1v) is 9.25. The first-order chi connectivity index (χ1) is 9.65. The molecular weight excluding hydrogens is 314 g/mol. The number of hydrogen-bond acceptors (Lipinski definition) is 4. The smallest absolute Gasteiger partial charge is 0.225 e. The number of hydrogen-bond donors (Lipinski definition) is 1. The molecule has 0 unspecified atom stereocenters. The van der Waals surface area contributed by atoms with Crippen LogP contribution in [0.5, 0.6) is 0 Å². The molecule has 3 rings (SSSR count). The molecule has 3 heterocycles. The molecule has 110 valence electrons. The van der Waals surface area contributed by atoms with Gasteiger partial charge in [-0.1, -0.05) is 11.6 Å². The van der Waals surface area contributed by atoms with Gasteiger partial charge in [-0.05, 0) is 37.1 Å². The van der Waals surface area contributed by atoms with Crippen LogP contribution in [0, 0.1) is 0 Å². The molecule has 20 heavy (non-hydrogen) atoms. The van der Waals surface area contributed by atoms with Gasteiger partial charge in [0.05, 0.1) is 16.4 Å². The number of nitrogens with one attached hydrogen (secondary N) is 1. The third-order valence-electron chi connectivity index (χ3n) is 3.89. The molecule has 6 heteroatoms. The molecule has 2 saturated heterocycles. The first-order valence-electron chi connectivity index (χ1n) is 6.91. The largest absolute Gasteiger partial charge is 0.374 e. The van der Waals surface area contributed by atoms with Gasteiger partial charge in [0.15, 0.2) is 0 Å². The molecule has 0 aromatic carbocycles. The van der Waals surface area contributed by atoms with Gasteiger partial charge in [0.1, 0.15) is 0 Å². The first kappa shape index (κ1) is 14.7. The molecule has 1 spiro atoms. The summed E-state index contributed by atoms with van der Waals surface area (Å²) in [5.74, 6) is 2.34.